The van der Waals surface area contributed by atoms with Crippen LogP contribution >= 0.6 is 0 Å². The Hall–Kier alpha value is -3.40. The van der Waals surface area contributed by atoms with Gasteiger partial charge in [-0.3, -0.25) is 0 Å². The van der Waals surface area contributed by atoms with Gasteiger partial charge in [0.15, 0.2) is 0 Å². The van der Waals surface area contributed by atoms with Gasteiger partial charge in [0, 0.05) is 22.8 Å². The Morgan fingerprint density at radius 3 is 1.50 bits per heavy atom. The predicted octanol–water partition coefficient (Wildman–Crippen LogP) is 6.28. The van der Waals surface area contributed by atoms with Gasteiger partial charge in [0.05, 0.1) is 22.8 Å². The van der Waals surface area contributed by atoms with Gasteiger partial charge in [0.1, 0.15) is 0 Å². The van der Waals surface area contributed by atoms with E-state index in [9.17, 15) is 0 Å². The van der Waals surface area contributed by atoms with Gasteiger partial charge in [-0.15, -0.1) is 0 Å². The molecule has 0 fully saturated rings. The predicted molar refractivity (Wildman–Crippen MR) is 118 cm³/mol. The molecule has 4 N–H and O–H groups in total. The van der Waals surface area contributed by atoms with Crippen LogP contribution in [-0.2, 0) is 5.41 Å². The van der Waals surface area contributed by atoms with Gasteiger partial charge in [-0.25, -0.2) is 0 Å². The van der Waals surface area contributed by atoms with Crippen molar-refractivity contribution in [3.63, 3.8) is 0 Å². The van der Waals surface area contributed by atoms with Crippen molar-refractivity contribution in [1.29, 1.82) is 0 Å². The number of rotatable bonds is 0. The lowest BCUT2D eigenvalue weighted by molar-refractivity contribution is 0.590. The van der Waals surface area contributed by atoms with Crippen LogP contribution in [0.1, 0.15) is 49.1 Å². The van der Waals surface area contributed by atoms with Gasteiger partial charge in [-0.1, -0.05) is 20.8 Å². The highest BCUT2D eigenvalue weighted by molar-refractivity contribution is 5.75. The Balaban J connectivity index is 1.69. The van der Waals surface area contributed by atoms with Crippen LogP contribution in [0.15, 0.2) is 42.5 Å². The molecule has 28 heavy (non-hydrogen) atoms. The molecule has 0 amide bonds. The number of H-pyrrole nitrogens is 4. The topological polar surface area (TPSA) is 63.2 Å². The Morgan fingerprint density at radius 1 is 0.536 bits per heavy atom. The Kier molecular flexibility index (Phi) is 3.63. The van der Waals surface area contributed by atoms with E-state index in [1.165, 1.54) is 5.56 Å². The van der Waals surface area contributed by atoms with Crippen molar-refractivity contribution in [1.82, 2.24) is 19.9 Å². The first-order valence-corrected chi connectivity index (χ1v) is 9.63. The Morgan fingerprint density at radius 2 is 1.00 bits per heavy atom. The summed E-state index contributed by atoms with van der Waals surface area (Å²) in [6.45, 7) is 6.74. The Bertz CT molecular complexity index is 1200. The monoisotopic (exact) mass is 368 g/mol. The van der Waals surface area contributed by atoms with Crippen LogP contribution < -0.4 is 0 Å². The van der Waals surface area contributed by atoms with Crippen LogP contribution in [0.4, 0.5) is 0 Å². The first-order valence-electron chi connectivity index (χ1n) is 9.63. The number of aromatic amines is 4. The maximum Gasteiger partial charge on any atom is 0.0627 e. The highest BCUT2D eigenvalue weighted by atomic mass is 14.8. The fraction of sp³-hybridized carbons (Fsp3) is 0.167. The third-order valence-electron chi connectivity index (χ3n) is 5.23. The summed E-state index contributed by atoms with van der Waals surface area (Å²) >= 11 is 0. The van der Waals surface area contributed by atoms with E-state index in [-0.39, 0.29) is 5.41 Å². The molecule has 1 aliphatic heterocycles. The van der Waals surface area contributed by atoms with Crippen LogP contribution in [0.25, 0.3) is 47.1 Å². The second-order valence-electron chi connectivity index (χ2n) is 8.41. The van der Waals surface area contributed by atoms with Crippen LogP contribution in [0.5, 0.6) is 0 Å². The van der Waals surface area contributed by atoms with E-state index in [1.807, 2.05) is 0 Å². The van der Waals surface area contributed by atoms with E-state index >= 15 is 0 Å². The van der Waals surface area contributed by atoms with Gasteiger partial charge >= 0.3 is 0 Å². The molecule has 4 heteroatoms. The summed E-state index contributed by atoms with van der Waals surface area (Å²) in [6.07, 6.45) is 8.48. The summed E-state index contributed by atoms with van der Waals surface area (Å²) in [7, 11) is 0. The number of fused-ring (bicyclic) bond motifs is 10. The largest absolute Gasteiger partial charge is 0.354 e. The van der Waals surface area contributed by atoms with Crippen molar-refractivity contribution >= 4 is 24.3 Å². The standard InChI is InChI=1S/C24H24N4/c1-24(2,3)18-14-23-22-13-9-16(27-22)5-4-15-7-11-20(25-15)21-12-8-17(26-21)6-10-19(18)28-23/h4-14,25-28H,1-3H3. The van der Waals surface area contributed by atoms with Gasteiger partial charge < -0.3 is 19.9 Å². The lowest BCUT2D eigenvalue weighted by atomic mass is 9.86. The zero-order valence-electron chi connectivity index (χ0n) is 16.4. The fourth-order valence-corrected chi connectivity index (χ4v) is 3.72. The molecule has 0 unspecified atom stereocenters. The van der Waals surface area contributed by atoms with E-state index in [0.29, 0.717) is 0 Å². The maximum atomic E-state index is 3.60. The number of nitrogens with one attached hydrogen (secondary N) is 4. The third kappa shape index (κ3) is 2.97. The molecule has 0 aromatic carbocycles. The molecule has 4 aromatic heterocycles. The van der Waals surface area contributed by atoms with E-state index in [1.54, 1.807) is 0 Å². The maximum absolute atomic E-state index is 3.60. The zero-order chi connectivity index (χ0) is 19.3. The van der Waals surface area contributed by atoms with Gasteiger partial charge in [-0.05, 0) is 77.7 Å². The van der Waals surface area contributed by atoms with Crippen LogP contribution in [-0.4, -0.2) is 19.9 Å². The van der Waals surface area contributed by atoms with Crippen molar-refractivity contribution in [2.45, 2.75) is 26.2 Å². The molecular weight excluding hydrogens is 344 g/mol. The lowest BCUT2D eigenvalue weighted by Crippen LogP contribution is -2.11. The number of hydrogen-bond donors (Lipinski definition) is 4. The molecule has 140 valence electrons. The number of hydrogen-bond acceptors (Lipinski definition) is 0. The van der Waals surface area contributed by atoms with E-state index in [0.717, 1.165) is 45.6 Å². The number of aromatic nitrogens is 4. The summed E-state index contributed by atoms with van der Waals surface area (Å²) in [5.74, 6) is 0. The van der Waals surface area contributed by atoms with Crippen molar-refractivity contribution in [2.75, 3.05) is 0 Å². The molecule has 0 atom stereocenters. The van der Waals surface area contributed by atoms with Crippen molar-refractivity contribution in [3.8, 4) is 22.8 Å². The van der Waals surface area contributed by atoms with Crippen molar-refractivity contribution in [3.05, 3.63) is 70.8 Å². The lowest BCUT2D eigenvalue weighted by Gasteiger charge is -2.18. The minimum Gasteiger partial charge on any atom is -0.354 e. The van der Waals surface area contributed by atoms with Gasteiger partial charge in [0.25, 0.3) is 0 Å². The molecule has 5 rings (SSSR count). The van der Waals surface area contributed by atoms with Crippen LogP contribution in [0.2, 0.25) is 0 Å². The molecule has 0 aliphatic carbocycles. The summed E-state index contributed by atoms with van der Waals surface area (Å²) < 4.78 is 0. The minimum absolute atomic E-state index is 0.0495. The quantitative estimate of drug-likeness (QED) is 0.248. The Labute approximate surface area is 164 Å². The molecular formula is C24H24N4. The smallest absolute Gasteiger partial charge is 0.0627 e. The summed E-state index contributed by atoms with van der Waals surface area (Å²) in [5.41, 5.74) is 10.1. The molecule has 4 aromatic rings. The zero-order valence-corrected chi connectivity index (χ0v) is 16.4. The second-order valence-corrected chi connectivity index (χ2v) is 8.41. The second kappa shape index (κ2) is 6.06. The summed E-state index contributed by atoms with van der Waals surface area (Å²) in [5, 5.41) is 0. The van der Waals surface area contributed by atoms with E-state index in [4.69, 9.17) is 0 Å². The first-order chi connectivity index (χ1) is 13.5. The molecule has 0 saturated heterocycles. The van der Waals surface area contributed by atoms with Crippen LogP contribution in [0.3, 0.4) is 0 Å². The highest BCUT2D eigenvalue weighted by Crippen LogP contribution is 2.32. The highest BCUT2D eigenvalue weighted by Gasteiger charge is 2.20. The van der Waals surface area contributed by atoms with E-state index < -0.39 is 0 Å². The molecule has 0 radical (unpaired) electrons. The summed E-state index contributed by atoms with van der Waals surface area (Å²) in [4.78, 5) is 14.1. The SMILES string of the molecule is CC(C)(C)c1cc2[nH]c1C=Cc1ccc([nH]1)-c1ccc([nH]1)C=Cc1ccc-2[nH]1. The molecule has 5 heterocycles. The molecule has 0 spiro atoms. The minimum atomic E-state index is 0.0495. The first kappa shape index (κ1) is 16.8. The van der Waals surface area contributed by atoms with Crippen molar-refractivity contribution < 1.29 is 0 Å². The third-order valence-corrected chi connectivity index (χ3v) is 5.23. The molecule has 0 saturated carbocycles. The van der Waals surface area contributed by atoms with Crippen LogP contribution in [0, 0.1) is 0 Å². The fourth-order valence-electron chi connectivity index (χ4n) is 3.72. The molecule has 8 bridgehead atoms. The molecule has 4 nitrogen and oxygen atoms in total. The average Bonchev–Trinajstić information content (AvgIpc) is 3.42. The average molecular weight is 368 g/mol. The van der Waals surface area contributed by atoms with Crippen molar-refractivity contribution in [2.24, 2.45) is 0 Å². The molecule has 1 aliphatic rings. The normalized spacial score (nSPS) is 13.2. The van der Waals surface area contributed by atoms with E-state index in [2.05, 4.69) is 107 Å². The summed E-state index contributed by atoms with van der Waals surface area (Å²) in [6, 6.07) is 14.9. The van der Waals surface area contributed by atoms with Gasteiger partial charge in [0.2, 0.25) is 0 Å². The van der Waals surface area contributed by atoms with Gasteiger partial charge in [-0.2, -0.15) is 0 Å².